The van der Waals surface area contributed by atoms with Gasteiger partial charge < -0.3 is 11.1 Å². The topological polar surface area (TPSA) is 76.7 Å². The Morgan fingerprint density at radius 1 is 1.06 bits per heavy atom. The van der Waals surface area contributed by atoms with Gasteiger partial charge >= 0.3 is 0 Å². The average molecular weight is 243 g/mol. The fraction of sp³-hybridized carbons (Fsp3) is 0.462. The number of aromatic nitrogens is 3. The zero-order chi connectivity index (χ0) is 12.4. The number of hydrogen-bond donors (Lipinski definition) is 2. The van der Waals surface area contributed by atoms with Crippen molar-refractivity contribution in [1.29, 1.82) is 0 Å². The van der Waals surface area contributed by atoms with Crippen LogP contribution >= 0.6 is 0 Å². The van der Waals surface area contributed by atoms with E-state index in [0.717, 1.165) is 37.0 Å². The number of pyridine rings is 1. The molecule has 1 aliphatic carbocycles. The van der Waals surface area contributed by atoms with E-state index in [1.165, 1.54) is 0 Å². The number of nitrogens with one attached hydrogen (secondary N) is 1. The van der Waals surface area contributed by atoms with Crippen molar-refractivity contribution < 1.29 is 0 Å². The third-order valence-corrected chi connectivity index (χ3v) is 3.46. The molecule has 94 valence electrons. The molecule has 0 radical (unpaired) electrons. The lowest BCUT2D eigenvalue weighted by Gasteiger charge is -2.27. The second kappa shape index (κ2) is 4.86. The summed E-state index contributed by atoms with van der Waals surface area (Å²) < 4.78 is 0. The highest BCUT2D eigenvalue weighted by Gasteiger charge is 2.18. The minimum Gasteiger partial charge on any atom is -0.367 e. The Bertz CT molecular complexity index is 534. The lowest BCUT2D eigenvalue weighted by molar-refractivity contribution is 0.410. The Balaban J connectivity index is 1.74. The van der Waals surface area contributed by atoms with Crippen molar-refractivity contribution in [3.63, 3.8) is 0 Å². The molecule has 5 nitrogen and oxygen atoms in total. The zero-order valence-corrected chi connectivity index (χ0v) is 10.2. The van der Waals surface area contributed by atoms with Crippen LogP contribution in [-0.4, -0.2) is 27.0 Å². The van der Waals surface area contributed by atoms with Gasteiger partial charge in [0.1, 0.15) is 11.3 Å². The van der Waals surface area contributed by atoms with Gasteiger partial charge in [0.15, 0.2) is 5.65 Å². The van der Waals surface area contributed by atoms with E-state index in [0.29, 0.717) is 17.7 Å². The van der Waals surface area contributed by atoms with E-state index in [-0.39, 0.29) is 0 Å². The molecule has 3 N–H and O–H groups in total. The predicted molar refractivity (Wildman–Crippen MR) is 71.2 cm³/mol. The van der Waals surface area contributed by atoms with Gasteiger partial charge in [0.25, 0.3) is 0 Å². The van der Waals surface area contributed by atoms with Crippen LogP contribution in [0.15, 0.2) is 24.5 Å². The van der Waals surface area contributed by atoms with Crippen LogP contribution in [0, 0.1) is 0 Å². The van der Waals surface area contributed by atoms with Gasteiger partial charge in [-0.1, -0.05) is 0 Å². The molecule has 3 rings (SSSR count). The maximum Gasteiger partial charge on any atom is 0.180 e. The Hall–Kier alpha value is -1.75. The van der Waals surface area contributed by atoms with Gasteiger partial charge in [-0.25, -0.2) is 9.97 Å². The Morgan fingerprint density at radius 2 is 1.83 bits per heavy atom. The molecule has 1 fully saturated rings. The van der Waals surface area contributed by atoms with Crippen LogP contribution in [-0.2, 0) is 0 Å². The minimum absolute atomic E-state index is 0.374. The maximum atomic E-state index is 5.90. The third-order valence-electron chi connectivity index (χ3n) is 3.46. The molecule has 0 aromatic carbocycles. The Labute approximate surface area is 106 Å². The number of anilines is 1. The van der Waals surface area contributed by atoms with E-state index in [1.54, 1.807) is 12.4 Å². The summed E-state index contributed by atoms with van der Waals surface area (Å²) in [6, 6.07) is 4.77. The summed E-state index contributed by atoms with van der Waals surface area (Å²) >= 11 is 0. The highest BCUT2D eigenvalue weighted by molar-refractivity contribution is 5.71. The zero-order valence-electron chi connectivity index (χ0n) is 10.2. The van der Waals surface area contributed by atoms with Crippen LogP contribution in [0.5, 0.6) is 0 Å². The first kappa shape index (κ1) is 11.3. The molecule has 1 saturated carbocycles. The van der Waals surface area contributed by atoms with Gasteiger partial charge in [-0.3, -0.25) is 4.98 Å². The van der Waals surface area contributed by atoms with Crippen molar-refractivity contribution >= 4 is 17.0 Å². The molecule has 2 aromatic heterocycles. The van der Waals surface area contributed by atoms with E-state index >= 15 is 0 Å². The normalized spacial score (nSPS) is 24.1. The Morgan fingerprint density at radius 3 is 2.67 bits per heavy atom. The van der Waals surface area contributed by atoms with E-state index in [9.17, 15) is 0 Å². The molecule has 18 heavy (non-hydrogen) atoms. The first-order valence-corrected chi connectivity index (χ1v) is 6.41. The van der Waals surface area contributed by atoms with Crippen molar-refractivity contribution in [2.24, 2.45) is 5.73 Å². The number of hydrogen-bond acceptors (Lipinski definition) is 5. The fourth-order valence-corrected chi connectivity index (χ4v) is 2.41. The first-order chi connectivity index (χ1) is 8.81. The molecule has 0 amide bonds. The molecule has 2 aromatic rings. The molecule has 2 heterocycles. The van der Waals surface area contributed by atoms with Crippen molar-refractivity contribution in [1.82, 2.24) is 15.0 Å². The summed E-state index contributed by atoms with van der Waals surface area (Å²) in [7, 11) is 0. The highest BCUT2D eigenvalue weighted by Crippen LogP contribution is 2.21. The van der Waals surface area contributed by atoms with Crippen LogP contribution in [0.25, 0.3) is 11.2 Å². The van der Waals surface area contributed by atoms with Gasteiger partial charge in [-0.15, -0.1) is 0 Å². The SMILES string of the molecule is NC1CCC(Nc2ccc3nccnc3n2)CC1. The van der Waals surface area contributed by atoms with E-state index in [2.05, 4.69) is 20.3 Å². The minimum atomic E-state index is 0.374. The summed E-state index contributed by atoms with van der Waals surface area (Å²) in [6.07, 6.45) is 7.75. The van der Waals surface area contributed by atoms with Crippen molar-refractivity contribution in [2.75, 3.05) is 5.32 Å². The monoisotopic (exact) mass is 243 g/mol. The molecule has 0 unspecified atom stereocenters. The lowest BCUT2D eigenvalue weighted by atomic mass is 9.92. The molecule has 0 bridgehead atoms. The van der Waals surface area contributed by atoms with Gasteiger partial charge in [0.2, 0.25) is 0 Å². The van der Waals surface area contributed by atoms with Crippen LogP contribution in [0.4, 0.5) is 5.82 Å². The molecular formula is C13H17N5. The number of nitrogens with zero attached hydrogens (tertiary/aromatic N) is 3. The van der Waals surface area contributed by atoms with Gasteiger partial charge in [0, 0.05) is 24.5 Å². The quantitative estimate of drug-likeness (QED) is 0.839. The standard InChI is InChI=1S/C13H17N5/c14-9-1-3-10(4-2-9)17-12-6-5-11-13(18-12)16-8-7-15-11/h5-10H,1-4,14H2,(H,16,17,18). The van der Waals surface area contributed by atoms with Crippen LogP contribution in [0.2, 0.25) is 0 Å². The highest BCUT2D eigenvalue weighted by atomic mass is 15.0. The number of fused-ring (bicyclic) bond motifs is 1. The maximum absolute atomic E-state index is 5.90. The Kier molecular flexibility index (Phi) is 3.06. The van der Waals surface area contributed by atoms with E-state index < -0.39 is 0 Å². The average Bonchev–Trinajstić information content (AvgIpc) is 2.41. The lowest BCUT2D eigenvalue weighted by Crippen LogP contribution is -2.33. The second-order valence-electron chi connectivity index (χ2n) is 4.85. The molecule has 0 aliphatic heterocycles. The summed E-state index contributed by atoms with van der Waals surface area (Å²) in [6.45, 7) is 0. The summed E-state index contributed by atoms with van der Waals surface area (Å²) in [5, 5.41) is 3.46. The van der Waals surface area contributed by atoms with E-state index in [4.69, 9.17) is 5.73 Å². The molecule has 5 heteroatoms. The number of rotatable bonds is 2. The van der Waals surface area contributed by atoms with Gasteiger partial charge in [0.05, 0.1) is 0 Å². The van der Waals surface area contributed by atoms with Crippen molar-refractivity contribution in [3.05, 3.63) is 24.5 Å². The predicted octanol–water partition coefficient (Wildman–Crippen LogP) is 1.71. The van der Waals surface area contributed by atoms with Crippen LogP contribution < -0.4 is 11.1 Å². The van der Waals surface area contributed by atoms with Gasteiger partial charge in [-0.05, 0) is 37.8 Å². The first-order valence-electron chi connectivity index (χ1n) is 6.41. The molecule has 0 atom stereocenters. The largest absolute Gasteiger partial charge is 0.367 e. The summed E-state index contributed by atoms with van der Waals surface area (Å²) in [5.41, 5.74) is 7.42. The second-order valence-corrected chi connectivity index (χ2v) is 4.85. The smallest absolute Gasteiger partial charge is 0.180 e. The molecule has 0 saturated heterocycles. The molecule has 0 spiro atoms. The van der Waals surface area contributed by atoms with E-state index in [1.807, 2.05) is 12.1 Å². The molecular weight excluding hydrogens is 226 g/mol. The number of nitrogens with two attached hydrogens (primary N) is 1. The summed E-state index contributed by atoms with van der Waals surface area (Å²) in [4.78, 5) is 12.9. The van der Waals surface area contributed by atoms with Gasteiger partial charge in [-0.2, -0.15) is 0 Å². The van der Waals surface area contributed by atoms with Crippen LogP contribution in [0.3, 0.4) is 0 Å². The molecule has 1 aliphatic rings. The van der Waals surface area contributed by atoms with Crippen LogP contribution in [0.1, 0.15) is 25.7 Å². The fourth-order valence-electron chi connectivity index (χ4n) is 2.41. The summed E-state index contributed by atoms with van der Waals surface area (Å²) in [5.74, 6) is 0.878. The van der Waals surface area contributed by atoms with Crippen molar-refractivity contribution in [2.45, 2.75) is 37.8 Å². The third kappa shape index (κ3) is 2.41. The van der Waals surface area contributed by atoms with Crippen molar-refractivity contribution in [3.8, 4) is 0 Å².